The quantitative estimate of drug-likeness (QED) is 0.132. The number of pyridine rings is 1. The van der Waals surface area contributed by atoms with E-state index in [9.17, 15) is 29.1 Å². The van der Waals surface area contributed by atoms with Crippen molar-refractivity contribution in [3.05, 3.63) is 93.9 Å². The molecule has 2 aliphatic heterocycles. The van der Waals surface area contributed by atoms with Crippen molar-refractivity contribution >= 4 is 39.6 Å². The van der Waals surface area contributed by atoms with Crippen molar-refractivity contribution in [2.45, 2.75) is 64.6 Å². The first-order chi connectivity index (χ1) is 27.6. The lowest BCUT2D eigenvalue weighted by Crippen LogP contribution is -2.26. The first-order valence-electron chi connectivity index (χ1n) is 19.2. The number of β-amino-alcohol motifs (C(OH)–C–C–N with tert-alkyl or cyclic N) is 1. The predicted octanol–water partition coefficient (Wildman–Crippen LogP) is 7.63. The van der Waals surface area contributed by atoms with Crippen LogP contribution in [0.5, 0.6) is 0 Å². The Hall–Kier alpha value is -5.88. The number of aliphatic hydroxyl groups is 1. The Bertz CT molecular complexity index is 2620. The van der Waals surface area contributed by atoms with Crippen molar-refractivity contribution in [3.8, 4) is 28.7 Å². The molecule has 0 unspecified atom stereocenters. The maximum absolute atomic E-state index is 14.1. The Kier molecular flexibility index (Phi) is 9.39. The van der Waals surface area contributed by atoms with Crippen LogP contribution in [0.2, 0.25) is 0 Å². The van der Waals surface area contributed by atoms with Crippen molar-refractivity contribution in [1.29, 1.82) is 5.26 Å². The van der Waals surface area contributed by atoms with Crippen LogP contribution in [-0.2, 0) is 17.8 Å². The molecule has 0 bridgehead atoms. The number of aliphatic carboxylic acids is 1. The van der Waals surface area contributed by atoms with Crippen LogP contribution < -0.4 is 5.32 Å². The van der Waals surface area contributed by atoms with Crippen LogP contribution in [0.25, 0.3) is 44.7 Å². The molecule has 6 aromatic rings. The van der Waals surface area contributed by atoms with Gasteiger partial charge in [-0.3, -0.25) is 19.6 Å². The number of nitriles is 1. The molecule has 5 heterocycles. The smallest absolute Gasteiger partial charge is 0.307 e. The van der Waals surface area contributed by atoms with Gasteiger partial charge in [-0.05, 0) is 109 Å². The van der Waals surface area contributed by atoms with Crippen molar-refractivity contribution in [2.24, 2.45) is 5.92 Å². The summed E-state index contributed by atoms with van der Waals surface area (Å²) in [5.74, 6) is -1.20. The minimum atomic E-state index is -2.89. The number of aromatic nitrogens is 4. The Labute approximate surface area is 326 Å². The molecule has 0 spiro atoms. The molecule has 1 aliphatic carbocycles. The summed E-state index contributed by atoms with van der Waals surface area (Å²) < 4.78 is 34.6. The number of aliphatic hydroxyl groups excluding tert-OH is 1. The van der Waals surface area contributed by atoms with Crippen molar-refractivity contribution in [3.63, 3.8) is 0 Å². The van der Waals surface area contributed by atoms with E-state index >= 15 is 0 Å². The van der Waals surface area contributed by atoms with Crippen LogP contribution in [0.3, 0.4) is 0 Å². The van der Waals surface area contributed by atoms with E-state index in [4.69, 9.17) is 9.40 Å². The zero-order valence-corrected chi connectivity index (χ0v) is 31.5. The number of nitrogens with one attached hydrogen (secondary N) is 1. The summed E-state index contributed by atoms with van der Waals surface area (Å²) in [5.41, 5.74) is 9.93. The third-order valence-corrected chi connectivity index (χ3v) is 11.9. The van der Waals surface area contributed by atoms with E-state index in [0.29, 0.717) is 84.7 Å². The normalized spacial score (nSPS) is 19.8. The highest BCUT2D eigenvalue weighted by Crippen LogP contribution is 2.44. The van der Waals surface area contributed by atoms with Crippen LogP contribution in [0.4, 0.5) is 20.3 Å². The average Bonchev–Trinajstić information content (AvgIpc) is 4.02. The molecule has 0 radical (unpaired) electrons. The third kappa shape index (κ3) is 6.65. The van der Waals surface area contributed by atoms with Gasteiger partial charge in [-0.15, -0.1) is 0 Å². The van der Waals surface area contributed by atoms with Gasteiger partial charge >= 0.3 is 5.97 Å². The Morgan fingerprint density at radius 2 is 1.79 bits per heavy atom. The first kappa shape index (κ1) is 36.7. The molecule has 290 valence electrons. The molecule has 2 saturated heterocycles. The molecule has 9 rings (SSSR count). The summed E-state index contributed by atoms with van der Waals surface area (Å²) in [6, 6.07) is 17.8. The molecular formula is C43H40F2N8O4. The van der Waals surface area contributed by atoms with E-state index in [1.54, 1.807) is 12.3 Å². The molecule has 3 aromatic heterocycles. The number of hydrogen-bond donors (Lipinski definition) is 3. The lowest BCUT2D eigenvalue weighted by molar-refractivity contribution is -0.141. The second-order valence-corrected chi connectivity index (χ2v) is 15.4. The molecule has 0 saturated carbocycles. The molecule has 0 amide bonds. The molecular weight excluding hydrogens is 731 g/mol. The number of carboxylic acids is 1. The molecule has 57 heavy (non-hydrogen) atoms. The van der Waals surface area contributed by atoms with Crippen LogP contribution >= 0.6 is 0 Å². The standard InChI is InChI=1S/C43H40F2N8O4/c1-22-27(5-3-7-29(22)42-50-35-16-31-30(32(17-46)38(35)57-42)9-10-36(31)53-14-11-25(20-53)43(55)56)28-6-4-8-33(23(28)2)48-40-37-34(49-41(51-40)39(44)45)15-24(18-47-37)19-52-13-12-26(54)21-52/h3-8,15-16,18,25-26,36,39,54H,9-14,19-21H2,1-2H3,(H,55,56)(H,48,49,51)/t25-,26-,36-/m1/s1. The van der Waals surface area contributed by atoms with Crippen molar-refractivity contribution in [1.82, 2.24) is 29.7 Å². The maximum atomic E-state index is 14.1. The second-order valence-electron chi connectivity index (χ2n) is 15.4. The van der Waals surface area contributed by atoms with E-state index in [-0.39, 0.29) is 23.9 Å². The molecule has 3 aliphatic rings. The average molecular weight is 771 g/mol. The maximum Gasteiger partial charge on any atom is 0.307 e. The Morgan fingerprint density at radius 1 is 1.00 bits per heavy atom. The first-order valence-corrected chi connectivity index (χ1v) is 19.2. The lowest BCUT2D eigenvalue weighted by Gasteiger charge is -2.24. The van der Waals surface area contributed by atoms with Gasteiger partial charge in [-0.25, -0.2) is 23.7 Å². The Morgan fingerprint density at radius 3 is 2.53 bits per heavy atom. The number of alkyl halides is 2. The van der Waals surface area contributed by atoms with E-state index in [1.165, 1.54) is 0 Å². The Balaban J connectivity index is 1.04. The van der Waals surface area contributed by atoms with Crippen LogP contribution in [0, 0.1) is 31.1 Å². The summed E-state index contributed by atoms with van der Waals surface area (Å²) in [4.78, 5) is 33.9. The number of oxazole rings is 1. The van der Waals surface area contributed by atoms with E-state index in [0.717, 1.165) is 57.5 Å². The van der Waals surface area contributed by atoms with Crippen molar-refractivity contribution < 1.29 is 28.2 Å². The zero-order valence-electron chi connectivity index (χ0n) is 31.5. The van der Waals surface area contributed by atoms with Gasteiger partial charge in [0.1, 0.15) is 22.7 Å². The highest BCUT2D eigenvalue weighted by atomic mass is 19.3. The van der Waals surface area contributed by atoms with Gasteiger partial charge in [0.2, 0.25) is 5.89 Å². The summed E-state index contributed by atoms with van der Waals surface area (Å²) in [5, 5.41) is 33.1. The number of fused-ring (bicyclic) bond motifs is 3. The minimum absolute atomic E-state index is 0.0288. The number of anilines is 2. The van der Waals surface area contributed by atoms with Gasteiger partial charge in [0, 0.05) is 49.7 Å². The number of rotatable bonds is 9. The van der Waals surface area contributed by atoms with Gasteiger partial charge in [0.05, 0.1) is 17.5 Å². The molecule has 3 N–H and O–H groups in total. The fraction of sp³-hybridized carbons (Fsp3) is 0.349. The van der Waals surface area contributed by atoms with E-state index in [2.05, 4.69) is 36.1 Å². The number of halogens is 2. The largest absolute Gasteiger partial charge is 0.481 e. The molecule has 3 atom stereocenters. The SMILES string of the molecule is Cc1c(Nc2nc(C(F)F)nc3cc(CN4CC[C@@H](O)C4)cnc23)cccc1-c1cccc(-c2nc3cc4c(c(C#N)c3o2)CC[C@H]4N2CC[C@@H](C(=O)O)C2)c1C. The topological polar surface area (TPSA) is 165 Å². The van der Waals surface area contributed by atoms with Gasteiger partial charge in [0.25, 0.3) is 6.43 Å². The molecule has 3 aromatic carbocycles. The summed E-state index contributed by atoms with van der Waals surface area (Å²) in [6.45, 7) is 6.94. The predicted molar refractivity (Wildman–Crippen MR) is 209 cm³/mol. The summed E-state index contributed by atoms with van der Waals surface area (Å²) >= 11 is 0. The van der Waals surface area contributed by atoms with Gasteiger partial charge in [-0.2, -0.15) is 5.26 Å². The van der Waals surface area contributed by atoms with E-state index < -0.39 is 18.2 Å². The number of hydrogen-bond acceptors (Lipinski definition) is 11. The van der Waals surface area contributed by atoms with Gasteiger partial charge < -0.3 is 19.9 Å². The number of nitrogens with zero attached hydrogens (tertiary/aromatic N) is 7. The zero-order chi connectivity index (χ0) is 39.5. The summed E-state index contributed by atoms with van der Waals surface area (Å²) in [7, 11) is 0. The fourth-order valence-corrected chi connectivity index (χ4v) is 8.93. The summed E-state index contributed by atoms with van der Waals surface area (Å²) in [6.07, 6.45) is 1.25. The van der Waals surface area contributed by atoms with Gasteiger partial charge in [0.15, 0.2) is 17.2 Å². The van der Waals surface area contributed by atoms with Crippen LogP contribution in [-0.4, -0.2) is 78.2 Å². The fourth-order valence-electron chi connectivity index (χ4n) is 8.93. The van der Waals surface area contributed by atoms with Crippen LogP contribution in [0.15, 0.2) is 59.1 Å². The highest BCUT2D eigenvalue weighted by Gasteiger charge is 2.37. The minimum Gasteiger partial charge on any atom is -0.481 e. The molecule has 12 nitrogen and oxygen atoms in total. The molecule has 2 fully saturated rings. The third-order valence-electron chi connectivity index (χ3n) is 11.9. The second kappa shape index (κ2) is 14.6. The van der Waals surface area contributed by atoms with E-state index in [1.807, 2.05) is 56.3 Å². The monoisotopic (exact) mass is 770 g/mol. The van der Waals surface area contributed by atoms with Crippen molar-refractivity contribution in [2.75, 3.05) is 31.5 Å². The number of likely N-dealkylation sites (tertiary alicyclic amines) is 2. The number of carbonyl (C=O) groups is 1. The highest BCUT2D eigenvalue weighted by molar-refractivity contribution is 5.90. The number of benzene rings is 3. The lowest BCUT2D eigenvalue weighted by atomic mass is 9.93. The van der Waals surface area contributed by atoms with Gasteiger partial charge in [-0.1, -0.05) is 24.3 Å². The molecule has 14 heteroatoms. The number of carboxylic acid groups (broad SMARTS) is 1. The van der Waals surface area contributed by atoms with Crippen LogP contribution in [0.1, 0.15) is 70.9 Å².